The molecule has 0 aliphatic carbocycles. The van der Waals surface area contributed by atoms with E-state index in [9.17, 15) is 0 Å². The molecule has 0 bridgehead atoms. The Balaban J connectivity index is 2.00. The van der Waals surface area contributed by atoms with E-state index in [4.69, 9.17) is 9.97 Å². The lowest BCUT2D eigenvalue weighted by Gasteiger charge is -2.22. The van der Waals surface area contributed by atoms with Crippen LogP contribution in [-0.4, -0.2) is 59.3 Å². The predicted octanol–water partition coefficient (Wildman–Crippen LogP) is 3.48. The molecule has 2 N–H and O–H groups in total. The Labute approximate surface area is 166 Å². The summed E-state index contributed by atoms with van der Waals surface area (Å²) in [6.07, 6.45) is 0.932. The third-order valence-electron chi connectivity index (χ3n) is 4.59. The Morgan fingerprint density at radius 3 is 2.46 bits per heavy atom. The van der Waals surface area contributed by atoms with Gasteiger partial charge in [0.25, 0.3) is 0 Å². The number of anilines is 3. The van der Waals surface area contributed by atoms with Gasteiger partial charge in [-0.25, -0.2) is 9.97 Å². The number of nitrogens with one attached hydrogen (secondary N) is 2. The van der Waals surface area contributed by atoms with Gasteiger partial charge in [-0.3, -0.25) is 5.10 Å². The minimum absolute atomic E-state index is 0.724. The fraction of sp³-hybridized carbons (Fsp3) is 0.381. The lowest BCUT2D eigenvalue weighted by Crippen LogP contribution is -2.29. The lowest BCUT2D eigenvalue weighted by molar-refractivity contribution is 0.416. The van der Waals surface area contributed by atoms with Gasteiger partial charge in [0.05, 0.1) is 0 Å². The molecular weight excluding hydrogens is 350 g/mol. The van der Waals surface area contributed by atoms with Gasteiger partial charge in [0.1, 0.15) is 11.6 Å². The molecule has 3 aromatic rings. The highest BCUT2D eigenvalue weighted by atomic mass is 15.2. The third kappa shape index (κ3) is 4.86. The quantitative estimate of drug-likeness (QED) is 0.624. The number of likely N-dealkylation sites (N-methyl/N-ethyl adjacent to an activating group) is 2. The van der Waals surface area contributed by atoms with Crippen molar-refractivity contribution in [2.75, 3.05) is 44.4 Å². The molecule has 3 rings (SSSR count). The highest BCUT2D eigenvalue weighted by molar-refractivity contribution is 5.66. The fourth-order valence-electron chi connectivity index (χ4n) is 2.94. The van der Waals surface area contributed by atoms with Crippen LogP contribution in [-0.2, 0) is 6.42 Å². The summed E-state index contributed by atoms with van der Waals surface area (Å²) in [5, 5.41) is 10.5. The van der Waals surface area contributed by atoms with Crippen LogP contribution in [0, 0.1) is 6.92 Å². The van der Waals surface area contributed by atoms with Crippen molar-refractivity contribution in [3.63, 3.8) is 0 Å². The molecule has 28 heavy (non-hydrogen) atoms. The molecule has 7 nitrogen and oxygen atoms in total. The minimum Gasteiger partial charge on any atom is -0.358 e. The van der Waals surface area contributed by atoms with E-state index in [0.717, 1.165) is 54.0 Å². The molecule has 0 saturated heterocycles. The van der Waals surface area contributed by atoms with Crippen LogP contribution in [0.2, 0.25) is 0 Å². The van der Waals surface area contributed by atoms with Crippen molar-refractivity contribution in [2.24, 2.45) is 0 Å². The van der Waals surface area contributed by atoms with Gasteiger partial charge in [-0.1, -0.05) is 31.2 Å². The maximum Gasteiger partial charge on any atom is 0.164 e. The minimum atomic E-state index is 0.724. The molecule has 0 aliphatic rings. The molecule has 0 amide bonds. The van der Waals surface area contributed by atoms with E-state index in [0.29, 0.717) is 0 Å². The molecule has 148 valence electrons. The SMILES string of the molecule is CCc1ccccc1-c1nc(Nc2cc(C)[nH]n2)cc(N(C)CCN(C)C)n1. The van der Waals surface area contributed by atoms with Gasteiger partial charge in [0.2, 0.25) is 0 Å². The standard InChI is InChI=1S/C21H29N7/c1-6-16-9-7-8-10-17(16)21-23-18(22-19-13-15(2)25-26-19)14-20(24-21)28(5)12-11-27(3)4/h7-10,13-14H,6,11-12H2,1-5H3,(H2,22,23,24,25,26). The van der Waals surface area contributed by atoms with Crippen molar-refractivity contribution in [1.82, 2.24) is 25.1 Å². The molecule has 2 heterocycles. The number of aryl methyl sites for hydroxylation is 2. The Kier molecular flexibility index (Phi) is 6.26. The smallest absolute Gasteiger partial charge is 0.164 e. The Bertz CT molecular complexity index is 917. The van der Waals surface area contributed by atoms with Crippen molar-refractivity contribution in [2.45, 2.75) is 20.3 Å². The van der Waals surface area contributed by atoms with Crippen LogP contribution in [0.3, 0.4) is 0 Å². The number of hydrogen-bond acceptors (Lipinski definition) is 6. The number of rotatable bonds is 8. The summed E-state index contributed by atoms with van der Waals surface area (Å²) in [5.74, 6) is 3.08. The topological polar surface area (TPSA) is 73.0 Å². The van der Waals surface area contributed by atoms with Gasteiger partial charge in [-0.2, -0.15) is 5.10 Å². The summed E-state index contributed by atoms with van der Waals surface area (Å²) in [7, 11) is 6.21. The van der Waals surface area contributed by atoms with Crippen molar-refractivity contribution in [3.8, 4) is 11.4 Å². The molecular formula is C21H29N7. The van der Waals surface area contributed by atoms with E-state index >= 15 is 0 Å². The number of H-pyrrole nitrogens is 1. The van der Waals surface area contributed by atoms with E-state index < -0.39 is 0 Å². The number of nitrogens with zero attached hydrogens (tertiary/aromatic N) is 5. The van der Waals surface area contributed by atoms with Crippen LogP contribution in [0.4, 0.5) is 17.5 Å². The van der Waals surface area contributed by atoms with Crippen molar-refractivity contribution in [1.29, 1.82) is 0 Å². The van der Waals surface area contributed by atoms with Crippen LogP contribution in [0.15, 0.2) is 36.4 Å². The highest BCUT2D eigenvalue weighted by Gasteiger charge is 2.13. The van der Waals surface area contributed by atoms with Crippen molar-refractivity contribution >= 4 is 17.5 Å². The number of aromatic amines is 1. The van der Waals surface area contributed by atoms with Crippen LogP contribution >= 0.6 is 0 Å². The summed E-state index contributed by atoms with van der Waals surface area (Å²) >= 11 is 0. The first-order chi connectivity index (χ1) is 13.5. The Morgan fingerprint density at radius 1 is 1.00 bits per heavy atom. The van der Waals surface area contributed by atoms with Crippen molar-refractivity contribution < 1.29 is 0 Å². The molecule has 2 aromatic heterocycles. The van der Waals surface area contributed by atoms with Crippen molar-refractivity contribution in [3.05, 3.63) is 47.7 Å². The van der Waals surface area contributed by atoms with E-state index in [1.807, 2.05) is 25.1 Å². The summed E-state index contributed by atoms with van der Waals surface area (Å²) in [4.78, 5) is 14.0. The number of benzene rings is 1. The first kappa shape index (κ1) is 19.8. The van der Waals surface area contributed by atoms with E-state index in [1.165, 1.54) is 5.56 Å². The molecule has 1 aromatic carbocycles. The van der Waals surface area contributed by atoms with Crippen LogP contribution in [0.25, 0.3) is 11.4 Å². The van der Waals surface area contributed by atoms with Crippen LogP contribution in [0.5, 0.6) is 0 Å². The van der Waals surface area contributed by atoms with E-state index in [2.05, 4.69) is 71.6 Å². The Hall–Kier alpha value is -2.93. The maximum absolute atomic E-state index is 4.87. The van der Waals surface area contributed by atoms with Gasteiger partial charge in [-0.15, -0.1) is 0 Å². The third-order valence-corrected chi connectivity index (χ3v) is 4.59. The molecule has 0 radical (unpaired) electrons. The van der Waals surface area contributed by atoms with E-state index in [-0.39, 0.29) is 0 Å². The average molecular weight is 380 g/mol. The highest BCUT2D eigenvalue weighted by Crippen LogP contribution is 2.26. The first-order valence-electron chi connectivity index (χ1n) is 9.58. The zero-order valence-electron chi connectivity index (χ0n) is 17.3. The van der Waals surface area contributed by atoms with Gasteiger partial charge in [0.15, 0.2) is 11.6 Å². The maximum atomic E-state index is 4.87. The second-order valence-corrected chi connectivity index (χ2v) is 7.23. The molecule has 0 fully saturated rings. The predicted molar refractivity (Wildman–Crippen MR) is 115 cm³/mol. The zero-order chi connectivity index (χ0) is 20.1. The molecule has 0 spiro atoms. The normalized spacial score (nSPS) is 11.1. The monoisotopic (exact) mass is 379 g/mol. The number of aromatic nitrogens is 4. The number of hydrogen-bond donors (Lipinski definition) is 2. The second-order valence-electron chi connectivity index (χ2n) is 7.23. The largest absolute Gasteiger partial charge is 0.358 e. The fourth-order valence-corrected chi connectivity index (χ4v) is 2.94. The van der Waals surface area contributed by atoms with Crippen LogP contribution < -0.4 is 10.2 Å². The summed E-state index contributed by atoms with van der Waals surface area (Å²) in [5.41, 5.74) is 3.29. The molecule has 0 unspecified atom stereocenters. The van der Waals surface area contributed by atoms with E-state index in [1.54, 1.807) is 0 Å². The molecule has 0 atom stereocenters. The van der Waals surface area contributed by atoms with Gasteiger partial charge in [0, 0.05) is 43.5 Å². The molecule has 0 aliphatic heterocycles. The lowest BCUT2D eigenvalue weighted by atomic mass is 10.0. The molecule has 7 heteroatoms. The molecule has 0 saturated carbocycles. The summed E-state index contributed by atoms with van der Waals surface area (Å²) in [6, 6.07) is 12.2. The summed E-state index contributed by atoms with van der Waals surface area (Å²) in [6.45, 7) is 5.95. The van der Waals surface area contributed by atoms with Gasteiger partial charge >= 0.3 is 0 Å². The van der Waals surface area contributed by atoms with Gasteiger partial charge < -0.3 is 15.1 Å². The first-order valence-corrected chi connectivity index (χ1v) is 9.58. The summed E-state index contributed by atoms with van der Waals surface area (Å²) < 4.78 is 0. The average Bonchev–Trinajstić information content (AvgIpc) is 3.10. The van der Waals surface area contributed by atoms with Crippen LogP contribution in [0.1, 0.15) is 18.2 Å². The zero-order valence-corrected chi connectivity index (χ0v) is 17.3. The Morgan fingerprint density at radius 2 is 1.79 bits per heavy atom. The second kappa shape index (κ2) is 8.84. The van der Waals surface area contributed by atoms with Gasteiger partial charge in [-0.05, 0) is 33.0 Å².